The Morgan fingerprint density at radius 3 is 2.69 bits per heavy atom. The minimum Gasteiger partial charge on any atom is -0.479 e. The molecule has 1 fully saturated rings. The molecule has 4 nitrogen and oxygen atoms in total. The molecule has 1 rings (SSSR count). The summed E-state index contributed by atoms with van der Waals surface area (Å²) >= 11 is 0. The number of carbonyl (C=O) groups excluding carboxylic acids is 1. The van der Waals surface area contributed by atoms with Crippen molar-refractivity contribution in [3.63, 3.8) is 0 Å². The van der Waals surface area contributed by atoms with Crippen LogP contribution in [0.4, 0.5) is 0 Å². The molecule has 4 heteroatoms. The molecule has 0 aromatic heterocycles. The maximum absolute atomic E-state index is 11.0. The summed E-state index contributed by atoms with van der Waals surface area (Å²) in [5.74, 6) is -0.755. The monoisotopic (exact) mass is 227 g/mol. The van der Waals surface area contributed by atoms with Crippen LogP contribution < -0.4 is 5.32 Å². The molecule has 92 valence electrons. The van der Waals surface area contributed by atoms with Gasteiger partial charge < -0.3 is 10.4 Å². The number of carbonyl (C=O) groups is 2. The average Bonchev–Trinajstić information content (AvgIpc) is 2.93. The summed E-state index contributed by atoms with van der Waals surface area (Å²) in [5.41, 5.74) is -0.938. The van der Waals surface area contributed by atoms with Crippen molar-refractivity contribution < 1.29 is 14.7 Å². The number of hydrogen-bond acceptors (Lipinski definition) is 2. The highest BCUT2D eigenvalue weighted by atomic mass is 16.4. The third kappa shape index (κ3) is 2.97. The molecule has 0 aromatic carbocycles. The van der Waals surface area contributed by atoms with Crippen molar-refractivity contribution in [2.24, 2.45) is 5.92 Å². The van der Waals surface area contributed by atoms with Crippen molar-refractivity contribution >= 4 is 12.4 Å². The minimum atomic E-state index is -0.938. The molecule has 2 N–H and O–H groups in total. The largest absolute Gasteiger partial charge is 0.479 e. The zero-order chi connectivity index (χ0) is 12.0. The lowest BCUT2D eigenvalue weighted by atomic mass is 10.1. The van der Waals surface area contributed by atoms with Gasteiger partial charge in [-0.15, -0.1) is 0 Å². The van der Waals surface area contributed by atoms with Gasteiger partial charge in [-0.25, -0.2) is 4.79 Å². The van der Waals surface area contributed by atoms with E-state index in [-0.39, 0.29) is 5.92 Å². The number of amides is 1. The van der Waals surface area contributed by atoms with Crippen molar-refractivity contribution in [1.29, 1.82) is 0 Å². The van der Waals surface area contributed by atoms with Crippen LogP contribution in [0, 0.1) is 5.92 Å². The van der Waals surface area contributed by atoms with Gasteiger partial charge in [0.2, 0.25) is 6.41 Å². The van der Waals surface area contributed by atoms with E-state index in [0.717, 1.165) is 12.8 Å². The van der Waals surface area contributed by atoms with Crippen LogP contribution in [0.15, 0.2) is 0 Å². The first-order valence-corrected chi connectivity index (χ1v) is 6.12. The van der Waals surface area contributed by atoms with E-state index in [1.54, 1.807) is 0 Å². The molecule has 0 saturated heterocycles. The molecule has 1 saturated carbocycles. The fourth-order valence-electron chi connectivity index (χ4n) is 2.28. The highest BCUT2D eigenvalue weighted by molar-refractivity contribution is 5.85. The Morgan fingerprint density at radius 1 is 1.44 bits per heavy atom. The Balaban J connectivity index is 2.20. The molecule has 1 aliphatic carbocycles. The number of aliphatic carboxylic acids is 1. The number of carboxylic acids is 1. The van der Waals surface area contributed by atoms with E-state index in [0.29, 0.717) is 12.8 Å². The molecule has 0 spiro atoms. The fourth-order valence-corrected chi connectivity index (χ4v) is 2.28. The molecular weight excluding hydrogens is 206 g/mol. The van der Waals surface area contributed by atoms with Gasteiger partial charge in [-0.2, -0.15) is 0 Å². The molecule has 0 heterocycles. The first kappa shape index (κ1) is 13.0. The van der Waals surface area contributed by atoms with Gasteiger partial charge in [-0.3, -0.25) is 4.79 Å². The Morgan fingerprint density at radius 2 is 2.12 bits per heavy atom. The number of carboxylic acid groups (broad SMARTS) is 1. The second kappa shape index (κ2) is 5.87. The molecule has 0 radical (unpaired) electrons. The Labute approximate surface area is 96.4 Å². The zero-order valence-electron chi connectivity index (χ0n) is 9.87. The number of nitrogens with one attached hydrogen (secondary N) is 1. The van der Waals surface area contributed by atoms with Crippen LogP contribution in [0.2, 0.25) is 0 Å². The van der Waals surface area contributed by atoms with Crippen molar-refractivity contribution in [3.8, 4) is 0 Å². The van der Waals surface area contributed by atoms with Crippen molar-refractivity contribution in [2.45, 2.75) is 57.4 Å². The molecule has 0 aliphatic heterocycles. The van der Waals surface area contributed by atoms with E-state index >= 15 is 0 Å². The fraction of sp³-hybridized carbons (Fsp3) is 0.833. The highest BCUT2D eigenvalue weighted by Gasteiger charge is 2.59. The maximum atomic E-state index is 11.0. The lowest BCUT2D eigenvalue weighted by Crippen LogP contribution is -2.40. The van der Waals surface area contributed by atoms with Crippen LogP contribution >= 0.6 is 0 Å². The predicted molar refractivity (Wildman–Crippen MR) is 61.0 cm³/mol. The highest BCUT2D eigenvalue weighted by Crippen LogP contribution is 2.46. The SMILES string of the molecule is CCCCCCCC1C[C@]1(NC=O)C(=O)O. The van der Waals surface area contributed by atoms with E-state index < -0.39 is 11.5 Å². The molecule has 0 bridgehead atoms. The van der Waals surface area contributed by atoms with Crippen molar-refractivity contribution in [2.75, 3.05) is 0 Å². The Kier molecular flexibility index (Phi) is 4.77. The first-order chi connectivity index (χ1) is 7.67. The topological polar surface area (TPSA) is 66.4 Å². The van der Waals surface area contributed by atoms with E-state index in [4.69, 9.17) is 5.11 Å². The van der Waals surface area contributed by atoms with E-state index in [2.05, 4.69) is 12.2 Å². The van der Waals surface area contributed by atoms with E-state index in [9.17, 15) is 9.59 Å². The first-order valence-electron chi connectivity index (χ1n) is 6.12. The quantitative estimate of drug-likeness (QED) is 0.467. The summed E-state index contributed by atoms with van der Waals surface area (Å²) in [4.78, 5) is 21.3. The van der Waals surface area contributed by atoms with Gasteiger partial charge in [0, 0.05) is 0 Å². The Hall–Kier alpha value is -1.06. The third-order valence-electron chi connectivity index (χ3n) is 3.46. The maximum Gasteiger partial charge on any atom is 0.329 e. The van der Waals surface area contributed by atoms with Gasteiger partial charge in [0.1, 0.15) is 5.54 Å². The Bertz CT molecular complexity index is 255. The number of hydrogen-bond donors (Lipinski definition) is 2. The predicted octanol–water partition coefficient (Wildman–Crippen LogP) is 1.94. The van der Waals surface area contributed by atoms with Gasteiger partial charge in [-0.05, 0) is 18.8 Å². The molecule has 16 heavy (non-hydrogen) atoms. The molecule has 0 aromatic rings. The third-order valence-corrected chi connectivity index (χ3v) is 3.46. The van der Waals surface area contributed by atoms with Crippen LogP contribution in [0.25, 0.3) is 0 Å². The average molecular weight is 227 g/mol. The molecule has 1 unspecified atom stereocenters. The normalized spacial score (nSPS) is 27.4. The van der Waals surface area contributed by atoms with Gasteiger partial charge in [0.05, 0.1) is 0 Å². The summed E-state index contributed by atoms with van der Waals surface area (Å²) in [6.45, 7) is 2.17. The molecular formula is C12H21NO3. The van der Waals surface area contributed by atoms with Crippen LogP contribution in [0.1, 0.15) is 51.9 Å². The minimum absolute atomic E-state index is 0.136. The summed E-state index contributed by atoms with van der Waals surface area (Å²) in [5, 5.41) is 11.5. The number of unbranched alkanes of at least 4 members (excludes halogenated alkanes) is 4. The van der Waals surface area contributed by atoms with Crippen LogP contribution in [-0.4, -0.2) is 23.0 Å². The zero-order valence-corrected chi connectivity index (χ0v) is 9.87. The van der Waals surface area contributed by atoms with Crippen LogP contribution in [-0.2, 0) is 9.59 Å². The molecule has 1 amide bonds. The summed E-state index contributed by atoms with van der Waals surface area (Å²) in [6, 6.07) is 0. The smallest absolute Gasteiger partial charge is 0.329 e. The second-order valence-corrected chi connectivity index (χ2v) is 4.64. The molecule has 1 aliphatic rings. The summed E-state index contributed by atoms with van der Waals surface area (Å²) < 4.78 is 0. The van der Waals surface area contributed by atoms with Gasteiger partial charge in [-0.1, -0.05) is 39.0 Å². The standard InChI is InChI=1S/C12H21NO3/c1-2-3-4-5-6-7-10-8-12(10,11(15)16)13-9-14/h9-10H,2-8H2,1H3,(H,13,14)(H,15,16)/t10?,12-/m1/s1. The van der Waals surface area contributed by atoms with Gasteiger partial charge in [0.15, 0.2) is 0 Å². The second-order valence-electron chi connectivity index (χ2n) is 4.64. The number of rotatable bonds is 9. The summed E-state index contributed by atoms with van der Waals surface area (Å²) in [7, 11) is 0. The lowest BCUT2D eigenvalue weighted by molar-refractivity contribution is -0.142. The van der Waals surface area contributed by atoms with E-state index in [1.807, 2.05) is 0 Å². The summed E-state index contributed by atoms with van der Waals surface area (Å²) in [6.07, 6.45) is 7.94. The van der Waals surface area contributed by atoms with Gasteiger partial charge in [0.25, 0.3) is 0 Å². The van der Waals surface area contributed by atoms with E-state index in [1.165, 1.54) is 25.7 Å². The van der Waals surface area contributed by atoms with Crippen LogP contribution in [0.5, 0.6) is 0 Å². The van der Waals surface area contributed by atoms with Crippen molar-refractivity contribution in [1.82, 2.24) is 5.32 Å². The van der Waals surface area contributed by atoms with Crippen molar-refractivity contribution in [3.05, 3.63) is 0 Å². The molecule has 2 atom stereocenters. The van der Waals surface area contributed by atoms with Gasteiger partial charge >= 0.3 is 5.97 Å². The van der Waals surface area contributed by atoms with Crippen LogP contribution in [0.3, 0.4) is 0 Å². The lowest BCUT2D eigenvalue weighted by Gasteiger charge is -2.10.